The molecule has 0 spiro atoms. The van der Waals surface area contributed by atoms with Gasteiger partial charge in [0.15, 0.2) is 6.61 Å². The Kier molecular flexibility index (Phi) is 5.78. The highest BCUT2D eigenvalue weighted by Gasteiger charge is 2.31. The summed E-state index contributed by atoms with van der Waals surface area (Å²) in [5.74, 6) is 3.17. The number of hydrogen-bond donors (Lipinski definition) is 2. The number of aryl methyl sites for hydroxylation is 1. The summed E-state index contributed by atoms with van der Waals surface area (Å²) in [7, 11) is 0. The van der Waals surface area contributed by atoms with Gasteiger partial charge in [0.25, 0.3) is 5.91 Å². The molecule has 1 atom stereocenters. The van der Waals surface area contributed by atoms with Gasteiger partial charge in [0.1, 0.15) is 17.4 Å². The van der Waals surface area contributed by atoms with Crippen LogP contribution in [0.1, 0.15) is 56.6 Å². The van der Waals surface area contributed by atoms with Crippen molar-refractivity contribution in [2.75, 3.05) is 11.9 Å². The van der Waals surface area contributed by atoms with Crippen LogP contribution in [0.15, 0.2) is 24.3 Å². The zero-order valence-corrected chi connectivity index (χ0v) is 16.7. The second kappa shape index (κ2) is 8.63. The van der Waals surface area contributed by atoms with Gasteiger partial charge in [-0.1, -0.05) is 6.92 Å². The highest BCUT2D eigenvalue weighted by molar-refractivity contribution is 5.90. The molecule has 1 unspecified atom stereocenters. The molecule has 1 saturated carbocycles. The number of carbonyl (C=O) groups excluding carboxylic acids is 2. The van der Waals surface area contributed by atoms with Crippen molar-refractivity contribution in [1.82, 2.24) is 20.1 Å². The van der Waals surface area contributed by atoms with E-state index in [1.165, 1.54) is 12.8 Å². The predicted molar refractivity (Wildman–Crippen MR) is 108 cm³/mol. The molecule has 1 aromatic heterocycles. The van der Waals surface area contributed by atoms with Gasteiger partial charge in [-0.15, -0.1) is 10.2 Å². The fourth-order valence-corrected chi connectivity index (χ4v) is 3.60. The summed E-state index contributed by atoms with van der Waals surface area (Å²) in [5.41, 5.74) is 0.713. The molecule has 0 bridgehead atoms. The minimum absolute atomic E-state index is 0.0311. The lowest BCUT2D eigenvalue weighted by atomic mass is 10.1. The number of carbonyl (C=O) groups is 2. The molecule has 4 rings (SSSR count). The van der Waals surface area contributed by atoms with Gasteiger partial charge < -0.3 is 19.9 Å². The molecule has 2 aromatic rings. The number of benzene rings is 1. The van der Waals surface area contributed by atoms with Crippen LogP contribution in [-0.4, -0.2) is 39.2 Å². The smallest absolute Gasteiger partial charge is 0.258 e. The number of rotatable bonds is 7. The number of nitrogens with one attached hydrogen (secondary N) is 2. The van der Waals surface area contributed by atoms with Crippen molar-refractivity contribution in [3.8, 4) is 5.75 Å². The Balaban J connectivity index is 1.23. The second-order valence-electron chi connectivity index (χ2n) is 7.71. The lowest BCUT2D eigenvalue weighted by Gasteiger charge is -2.16. The molecule has 2 aliphatic rings. The minimum Gasteiger partial charge on any atom is -0.484 e. The summed E-state index contributed by atoms with van der Waals surface area (Å²) >= 11 is 0. The lowest BCUT2D eigenvalue weighted by Crippen LogP contribution is -2.38. The van der Waals surface area contributed by atoms with Crippen LogP contribution in [0.3, 0.4) is 0 Å². The summed E-state index contributed by atoms with van der Waals surface area (Å²) in [4.78, 5) is 23.7. The molecule has 8 nitrogen and oxygen atoms in total. The van der Waals surface area contributed by atoms with E-state index in [4.69, 9.17) is 4.74 Å². The van der Waals surface area contributed by atoms with Gasteiger partial charge in [-0.05, 0) is 49.9 Å². The molecule has 2 amide bonds. The Hall–Kier alpha value is -2.90. The highest BCUT2D eigenvalue weighted by Crippen LogP contribution is 2.39. The maximum absolute atomic E-state index is 12.3. The van der Waals surface area contributed by atoms with Gasteiger partial charge in [0.05, 0.1) is 0 Å². The molecule has 1 aromatic carbocycles. The van der Waals surface area contributed by atoms with E-state index in [9.17, 15) is 9.59 Å². The Bertz CT molecular complexity index is 873. The van der Waals surface area contributed by atoms with Crippen LogP contribution in [0, 0.1) is 0 Å². The zero-order valence-electron chi connectivity index (χ0n) is 16.7. The molecule has 8 heteroatoms. The van der Waals surface area contributed by atoms with Crippen molar-refractivity contribution < 1.29 is 14.3 Å². The molecular weight excluding hydrogens is 370 g/mol. The average molecular weight is 397 g/mol. The van der Waals surface area contributed by atoms with Gasteiger partial charge in [0, 0.05) is 37.0 Å². The number of fused-ring (bicyclic) bond motifs is 1. The first-order chi connectivity index (χ1) is 14.1. The summed E-state index contributed by atoms with van der Waals surface area (Å²) in [6.45, 7) is 2.62. The fraction of sp³-hybridized carbons (Fsp3) is 0.524. The molecular formula is C21H27N5O3. The van der Waals surface area contributed by atoms with E-state index in [-0.39, 0.29) is 24.5 Å². The minimum atomic E-state index is -0.126. The van der Waals surface area contributed by atoms with Crippen LogP contribution in [0.25, 0.3) is 0 Å². The van der Waals surface area contributed by atoms with Gasteiger partial charge in [-0.25, -0.2) is 0 Å². The molecule has 0 saturated heterocycles. The van der Waals surface area contributed by atoms with E-state index >= 15 is 0 Å². The molecule has 29 heavy (non-hydrogen) atoms. The van der Waals surface area contributed by atoms with Crippen LogP contribution in [0.4, 0.5) is 5.69 Å². The Labute approximate surface area is 170 Å². The largest absolute Gasteiger partial charge is 0.484 e. The monoisotopic (exact) mass is 397 g/mol. The van der Waals surface area contributed by atoms with E-state index in [1.54, 1.807) is 31.2 Å². The Morgan fingerprint density at radius 2 is 1.90 bits per heavy atom. The zero-order chi connectivity index (χ0) is 20.2. The third-order valence-electron chi connectivity index (χ3n) is 5.41. The van der Waals surface area contributed by atoms with Crippen molar-refractivity contribution in [1.29, 1.82) is 0 Å². The van der Waals surface area contributed by atoms with Crippen molar-refractivity contribution in [3.05, 3.63) is 35.9 Å². The molecule has 1 fully saturated rings. The van der Waals surface area contributed by atoms with Crippen molar-refractivity contribution in [2.45, 2.75) is 64.0 Å². The van der Waals surface area contributed by atoms with Crippen LogP contribution in [-0.2, 0) is 22.6 Å². The Morgan fingerprint density at radius 1 is 1.10 bits per heavy atom. The highest BCUT2D eigenvalue weighted by atomic mass is 16.5. The fourth-order valence-electron chi connectivity index (χ4n) is 3.60. The second-order valence-corrected chi connectivity index (χ2v) is 7.71. The van der Waals surface area contributed by atoms with E-state index in [1.807, 2.05) is 0 Å². The number of nitrogens with zero attached hydrogens (tertiary/aromatic N) is 3. The molecule has 154 valence electrons. The van der Waals surface area contributed by atoms with Gasteiger partial charge in [0.2, 0.25) is 5.91 Å². The number of amides is 2. The molecule has 0 radical (unpaired) electrons. The first kappa shape index (κ1) is 19.4. The van der Waals surface area contributed by atoms with Crippen LogP contribution < -0.4 is 15.4 Å². The normalized spacial score (nSPS) is 18.4. The van der Waals surface area contributed by atoms with Gasteiger partial charge in [-0.3, -0.25) is 9.59 Å². The summed E-state index contributed by atoms with van der Waals surface area (Å²) in [6, 6.07) is 7.13. The third-order valence-corrected chi connectivity index (χ3v) is 5.41. The van der Waals surface area contributed by atoms with Crippen molar-refractivity contribution in [2.24, 2.45) is 0 Å². The van der Waals surface area contributed by atoms with Gasteiger partial charge >= 0.3 is 0 Å². The number of ether oxygens (including phenoxy) is 1. The van der Waals surface area contributed by atoms with Crippen LogP contribution >= 0.6 is 0 Å². The summed E-state index contributed by atoms with van der Waals surface area (Å²) in [5, 5.41) is 14.6. The third kappa shape index (κ3) is 4.93. The molecule has 2 heterocycles. The van der Waals surface area contributed by atoms with Gasteiger partial charge in [-0.2, -0.15) is 0 Å². The molecule has 1 aliphatic heterocycles. The lowest BCUT2D eigenvalue weighted by molar-refractivity contribution is -0.124. The van der Waals surface area contributed by atoms with E-state index in [0.717, 1.165) is 37.5 Å². The van der Waals surface area contributed by atoms with E-state index in [2.05, 4.69) is 25.4 Å². The quantitative estimate of drug-likeness (QED) is 0.748. The topological polar surface area (TPSA) is 98.1 Å². The Morgan fingerprint density at radius 3 is 2.62 bits per heavy atom. The van der Waals surface area contributed by atoms with Crippen LogP contribution in [0.2, 0.25) is 0 Å². The van der Waals surface area contributed by atoms with E-state index in [0.29, 0.717) is 23.8 Å². The standard InChI is InChI=1S/C21H27N5O3/c1-2-19(27)22-15-5-8-17(9-6-15)29-13-20(28)23-16-7-10-18-24-25-21(14-3-4-14)26(18)12-11-16/h5-6,8-9,14,16H,2-4,7,10-13H2,1H3,(H,22,27)(H,23,28). The summed E-state index contributed by atoms with van der Waals surface area (Å²) in [6.07, 6.45) is 5.42. The maximum Gasteiger partial charge on any atom is 0.258 e. The van der Waals surface area contributed by atoms with Crippen LogP contribution in [0.5, 0.6) is 5.75 Å². The number of aromatic nitrogens is 3. The molecule has 2 N–H and O–H groups in total. The number of anilines is 1. The summed E-state index contributed by atoms with van der Waals surface area (Å²) < 4.78 is 7.83. The van der Waals surface area contributed by atoms with Crippen molar-refractivity contribution >= 4 is 17.5 Å². The van der Waals surface area contributed by atoms with E-state index < -0.39 is 0 Å². The maximum atomic E-state index is 12.3. The first-order valence-electron chi connectivity index (χ1n) is 10.4. The molecule has 1 aliphatic carbocycles. The first-order valence-corrected chi connectivity index (χ1v) is 10.4. The average Bonchev–Trinajstić information content (AvgIpc) is 3.53. The number of hydrogen-bond acceptors (Lipinski definition) is 5. The van der Waals surface area contributed by atoms with Crippen molar-refractivity contribution in [3.63, 3.8) is 0 Å². The SMILES string of the molecule is CCC(=O)Nc1ccc(OCC(=O)NC2CCc3nnc(C4CC4)n3CC2)cc1. The predicted octanol–water partition coefficient (Wildman–Crippen LogP) is 2.40.